The second-order valence-corrected chi connectivity index (χ2v) is 4.91. The summed E-state index contributed by atoms with van der Waals surface area (Å²) in [4.78, 5) is 0. The molecule has 0 fully saturated rings. The van der Waals surface area contributed by atoms with E-state index in [1.807, 2.05) is 18.0 Å². The van der Waals surface area contributed by atoms with Gasteiger partial charge in [-0.2, -0.15) is 16.9 Å². The highest BCUT2D eigenvalue weighted by atomic mass is 32.2. The van der Waals surface area contributed by atoms with E-state index in [0.717, 1.165) is 18.8 Å². The lowest BCUT2D eigenvalue weighted by atomic mass is 10.2. The lowest BCUT2D eigenvalue weighted by Gasteiger charge is -2.18. The van der Waals surface area contributed by atoms with Crippen molar-refractivity contribution in [1.29, 1.82) is 0 Å². The second-order valence-electron chi connectivity index (χ2n) is 3.76. The third-order valence-corrected chi connectivity index (χ3v) is 3.76. The minimum Gasteiger partial charge on any atom is -0.308 e. The monoisotopic (exact) mass is 241 g/mol. The zero-order chi connectivity index (χ0) is 11.8. The van der Waals surface area contributed by atoms with E-state index in [1.54, 1.807) is 0 Å². The molecule has 1 unspecified atom stereocenters. The molecule has 0 aliphatic rings. The molecule has 1 atom stereocenters. The van der Waals surface area contributed by atoms with Crippen molar-refractivity contribution in [2.24, 2.45) is 0 Å². The minimum absolute atomic E-state index is 0.434. The van der Waals surface area contributed by atoms with E-state index >= 15 is 0 Å². The Morgan fingerprint density at radius 3 is 2.88 bits per heavy atom. The number of hydrogen-bond donors (Lipinski definition) is 1. The highest BCUT2D eigenvalue weighted by Crippen LogP contribution is 2.18. The largest absolute Gasteiger partial charge is 0.308 e. The van der Waals surface area contributed by atoms with Crippen LogP contribution in [-0.2, 0) is 6.54 Å². The van der Waals surface area contributed by atoms with Crippen LogP contribution in [0, 0.1) is 0 Å². The average molecular weight is 241 g/mol. The summed E-state index contributed by atoms with van der Waals surface area (Å²) in [5.74, 6) is 2.37. The summed E-state index contributed by atoms with van der Waals surface area (Å²) < 4.78 is 2.08. The molecule has 0 amide bonds. The van der Waals surface area contributed by atoms with Crippen molar-refractivity contribution < 1.29 is 0 Å². The smallest absolute Gasteiger partial charge is 0.0583 e. The summed E-state index contributed by atoms with van der Waals surface area (Å²) in [6.45, 7) is 8.48. The maximum Gasteiger partial charge on any atom is 0.0583 e. The Morgan fingerprint density at radius 1 is 1.44 bits per heavy atom. The summed E-state index contributed by atoms with van der Waals surface area (Å²) in [5, 5.41) is 7.87. The highest BCUT2D eigenvalue weighted by Gasteiger charge is 2.14. The average Bonchev–Trinajstić information content (AvgIpc) is 2.76. The predicted octanol–water partition coefficient (Wildman–Crippen LogP) is 2.70. The lowest BCUT2D eigenvalue weighted by Crippen LogP contribution is -2.25. The Kier molecular flexibility index (Phi) is 6.57. The number of aryl methyl sites for hydroxylation is 1. The third kappa shape index (κ3) is 3.83. The highest BCUT2D eigenvalue weighted by molar-refractivity contribution is 7.99. The quantitative estimate of drug-likeness (QED) is 0.710. The number of aromatic nitrogens is 2. The molecule has 3 nitrogen and oxygen atoms in total. The normalized spacial score (nSPS) is 12.9. The van der Waals surface area contributed by atoms with Crippen LogP contribution < -0.4 is 5.32 Å². The van der Waals surface area contributed by atoms with Crippen LogP contribution in [0.5, 0.6) is 0 Å². The summed E-state index contributed by atoms with van der Waals surface area (Å²) in [5.41, 5.74) is 1.31. The van der Waals surface area contributed by atoms with Gasteiger partial charge in [-0.25, -0.2) is 0 Å². The zero-order valence-electron chi connectivity index (χ0n) is 10.6. The summed E-state index contributed by atoms with van der Waals surface area (Å²) in [7, 11) is 0. The van der Waals surface area contributed by atoms with Crippen molar-refractivity contribution >= 4 is 11.8 Å². The van der Waals surface area contributed by atoms with Gasteiger partial charge in [-0.3, -0.25) is 4.68 Å². The first-order chi connectivity index (χ1) is 7.83. The maximum atomic E-state index is 4.33. The molecule has 0 aliphatic carbocycles. The van der Waals surface area contributed by atoms with Gasteiger partial charge in [0, 0.05) is 18.5 Å². The van der Waals surface area contributed by atoms with E-state index in [0.29, 0.717) is 6.04 Å². The first kappa shape index (κ1) is 13.6. The predicted molar refractivity (Wildman–Crippen MR) is 71.9 cm³/mol. The fraction of sp³-hybridized carbons (Fsp3) is 0.750. The Bertz CT molecular complexity index is 286. The zero-order valence-corrected chi connectivity index (χ0v) is 11.4. The number of nitrogens with zero attached hydrogens (tertiary/aromatic N) is 2. The molecule has 16 heavy (non-hydrogen) atoms. The van der Waals surface area contributed by atoms with Gasteiger partial charge in [0.15, 0.2) is 0 Å². The molecule has 1 heterocycles. The molecule has 0 spiro atoms. The molecule has 0 saturated carbocycles. The number of rotatable bonds is 8. The Hall–Kier alpha value is -0.480. The molecule has 0 bridgehead atoms. The maximum absolute atomic E-state index is 4.33. The van der Waals surface area contributed by atoms with Crippen molar-refractivity contribution in [3.63, 3.8) is 0 Å². The van der Waals surface area contributed by atoms with Crippen LogP contribution in [-0.4, -0.2) is 27.8 Å². The topological polar surface area (TPSA) is 29.9 Å². The van der Waals surface area contributed by atoms with Gasteiger partial charge in [-0.1, -0.05) is 13.8 Å². The number of thioether (sulfide) groups is 1. The van der Waals surface area contributed by atoms with E-state index in [4.69, 9.17) is 0 Å². The molecule has 0 aromatic carbocycles. The molecule has 0 aliphatic heterocycles. The minimum atomic E-state index is 0.434. The van der Waals surface area contributed by atoms with Crippen molar-refractivity contribution in [2.75, 3.05) is 18.1 Å². The van der Waals surface area contributed by atoms with Gasteiger partial charge < -0.3 is 5.32 Å². The Labute approximate surface area is 103 Å². The first-order valence-corrected chi connectivity index (χ1v) is 7.31. The van der Waals surface area contributed by atoms with Crippen molar-refractivity contribution in [3.8, 4) is 0 Å². The van der Waals surface area contributed by atoms with E-state index in [1.165, 1.54) is 17.9 Å². The van der Waals surface area contributed by atoms with E-state index in [2.05, 4.69) is 41.9 Å². The summed E-state index contributed by atoms with van der Waals surface area (Å²) in [6.07, 6.45) is 3.14. The molecule has 0 radical (unpaired) electrons. The van der Waals surface area contributed by atoms with Gasteiger partial charge in [0.25, 0.3) is 0 Å². The summed E-state index contributed by atoms with van der Waals surface area (Å²) in [6, 6.07) is 2.56. The van der Waals surface area contributed by atoms with E-state index in [9.17, 15) is 0 Å². The molecule has 1 N–H and O–H groups in total. The van der Waals surface area contributed by atoms with Gasteiger partial charge in [0.05, 0.1) is 11.7 Å². The van der Waals surface area contributed by atoms with E-state index in [-0.39, 0.29) is 0 Å². The van der Waals surface area contributed by atoms with E-state index < -0.39 is 0 Å². The summed E-state index contributed by atoms with van der Waals surface area (Å²) >= 11 is 2.02. The van der Waals surface area contributed by atoms with Crippen molar-refractivity contribution in [3.05, 3.63) is 18.0 Å². The number of hydrogen-bond acceptors (Lipinski definition) is 3. The fourth-order valence-corrected chi connectivity index (χ4v) is 2.72. The molecule has 4 heteroatoms. The first-order valence-electron chi connectivity index (χ1n) is 6.16. The van der Waals surface area contributed by atoms with Gasteiger partial charge in [0.2, 0.25) is 0 Å². The molecule has 1 aromatic rings. The standard InChI is InChI=1S/C12H23N3S/c1-4-9-16-10-11(13-5-2)12-7-8-14-15(12)6-3/h7-8,11,13H,4-6,9-10H2,1-3H3. The van der Waals surface area contributed by atoms with Crippen molar-refractivity contribution in [2.45, 2.75) is 39.8 Å². The SMILES string of the molecule is CCCSCC(NCC)c1ccnn1CC. The van der Waals surface area contributed by atoms with Gasteiger partial charge >= 0.3 is 0 Å². The van der Waals surface area contributed by atoms with Crippen LogP contribution >= 0.6 is 11.8 Å². The Balaban J connectivity index is 2.61. The second kappa shape index (κ2) is 7.74. The van der Waals surface area contributed by atoms with Gasteiger partial charge in [-0.05, 0) is 31.7 Å². The molecule has 92 valence electrons. The lowest BCUT2D eigenvalue weighted by molar-refractivity contribution is 0.527. The van der Waals surface area contributed by atoms with Crippen LogP contribution in [0.2, 0.25) is 0 Å². The molecular weight excluding hydrogens is 218 g/mol. The van der Waals surface area contributed by atoms with Crippen molar-refractivity contribution in [1.82, 2.24) is 15.1 Å². The van der Waals surface area contributed by atoms with Gasteiger partial charge in [-0.15, -0.1) is 0 Å². The third-order valence-electron chi connectivity index (χ3n) is 2.49. The van der Waals surface area contributed by atoms with Crippen LogP contribution in [0.15, 0.2) is 12.3 Å². The van der Waals surface area contributed by atoms with Crippen LogP contribution in [0.1, 0.15) is 38.9 Å². The number of nitrogens with one attached hydrogen (secondary N) is 1. The molecule has 0 saturated heterocycles. The molecular formula is C12H23N3S. The molecule has 1 aromatic heterocycles. The molecule has 1 rings (SSSR count). The Morgan fingerprint density at radius 2 is 2.25 bits per heavy atom. The van der Waals surface area contributed by atoms with Crippen LogP contribution in [0.3, 0.4) is 0 Å². The van der Waals surface area contributed by atoms with Crippen LogP contribution in [0.25, 0.3) is 0 Å². The van der Waals surface area contributed by atoms with Crippen LogP contribution in [0.4, 0.5) is 0 Å². The van der Waals surface area contributed by atoms with Gasteiger partial charge in [0.1, 0.15) is 0 Å². The fourth-order valence-electron chi connectivity index (χ4n) is 1.74.